The second kappa shape index (κ2) is 5.88. The molecule has 9 heteroatoms. The highest BCUT2D eigenvalue weighted by molar-refractivity contribution is 7.91. The van der Waals surface area contributed by atoms with E-state index in [9.17, 15) is 8.42 Å². The number of fused-ring (bicyclic) bond motifs is 1. The van der Waals surface area contributed by atoms with Gasteiger partial charge in [-0.05, 0) is 25.1 Å². The molecule has 0 fully saturated rings. The van der Waals surface area contributed by atoms with Crippen LogP contribution in [0.2, 0.25) is 0 Å². The zero-order valence-corrected chi connectivity index (χ0v) is 14.6. The molecule has 8 nitrogen and oxygen atoms in total. The SMILES string of the molecule is Cc1c(-c2ccnc(N)n2)nc2cnc(S(=O)(=O)c3ccccc3)cn12. The van der Waals surface area contributed by atoms with Gasteiger partial charge < -0.3 is 5.73 Å². The summed E-state index contributed by atoms with van der Waals surface area (Å²) in [6.07, 6.45) is 4.44. The number of rotatable bonds is 3. The second-order valence-electron chi connectivity index (χ2n) is 5.62. The largest absolute Gasteiger partial charge is 0.368 e. The van der Waals surface area contributed by atoms with Crippen LogP contribution in [0.1, 0.15) is 5.69 Å². The smallest absolute Gasteiger partial charge is 0.225 e. The highest BCUT2D eigenvalue weighted by atomic mass is 32.2. The summed E-state index contributed by atoms with van der Waals surface area (Å²) < 4.78 is 27.2. The molecule has 0 radical (unpaired) electrons. The molecule has 0 saturated carbocycles. The van der Waals surface area contributed by atoms with Crippen molar-refractivity contribution < 1.29 is 8.42 Å². The molecule has 0 aliphatic carbocycles. The van der Waals surface area contributed by atoms with E-state index in [2.05, 4.69) is 19.9 Å². The number of benzene rings is 1. The minimum atomic E-state index is -3.71. The fraction of sp³-hybridized carbons (Fsp3) is 0.0588. The number of hydrogen-bond acceptors (Lipinski definition) is 7. The Balaban J connectivity index is 1.88. The van der Waals surface area contributed by atoms with Crippen LogP contribution in [0.3, 0.4) is 0 Å². The van der Waals surface area contributed by atoms with Gasteiger partial charge in [0.1, 0.15) is 5.69 Å². The zero-order chi connectivity index (χ0) is 18.3. The maximum absolute atomic E-state index is 12.8. The lowest BCUT2D eigenvalue weighted by Crippen LogP contribution is -2.06. The van der Waals surface area contributed by atoms with Gasteiger partial charge in [0.05, 0.1) is 16.8 Å². The number of hydrogen-bond donors (Lipinski definition) is 1. The van der Waals surface area contributed by atoms with Crippen LogP contribution in [-0.4, -0.2) is 32.8 Å². The molecule has 0 amide bonds. The molecular formula is C17H14N6O2S. The predicted molar refractivity (Wildman–Crippen MR) is 95.1 cm³/mol. The first-order chi connectivity index (χ1) is 12.5. The highest BCUT2D eigenvalue weighted by Crippen LogP contribution is 2.24. The van der Waals surface area contributed by atoms with Crippen LogP contribution < -0.4 is 5.73 Å². The van der Waals surface area contributed by atoms with Crippen LogP contribution in [0.25, 0.3) is 17.0 Å². The standard InChI is InChI=1S/C17H14N6O2S/c1-11-16(13-7-8-19-17(18)21-13)22-14-9-20-15(10-23(11)14)26(24,25)12-5-3-2-4-6-12/h2-10H,1H3,(H2,18,19,21). The van der Waals surface area contributed by atoms with E-state index in [0.717, 1.165) is 5.69 Å². The molecule has 130 valence electrons. The Labute approximate surface area is 149 Å². The van der Waals surface area contributed by atoms with Gasteiger partial charge >= 0.3 is 0 Å². The third-order valence-corrected chi connectivity index (χ3v) is 5.62. The molecular weight excluding hydrogens is 352 g/mol. The number of aryl methyl sites for hydroxylation is 1. The van der Waals surface area contributed by atoms with Gasteiger partial charge in [-0.15, -0.1) is 0 Å². The molecule has 26 heavy (non-hydrogen) atoms. The van der Waals surface area contributed by atoms with Crippen molar-refractivity contribution in [3.63, 3.8) is 0 Å². The molecule has 1 aromatic carbocycles. The third kappa shape index (κ3) is 2.58. The first kappa shape index (κ1) is 16.2. The zero-order valence-electron chi connectivity index (χ0n) is 13.7. The molecule has 4 rings (SSSR count). The van der Waals surface area contributed by atoms with Crippen molar-refractivity contribution in [3.8, 4) is 11.4 Å². The van der Waals surface area contributed by atoms with Crippen molar-refractivity contribution in [2.75, 3.05) is 5.73 Å². The van der Waals surface area contributed by atoms with E-state index in [0.29, 0.717) is 17.0 Å². The van der Waals surface area contributed by atoms with Gasteiger partial charge in [-0.25, -0.2) is 28.4 Å². The van der Waals surface area contributed by atoms with Gasteiger partial charge in [0.25, 0.3) is 0 Å². The van der Waals surface area contributed by atoms with Crippen molar-refractivity contribution in [3.05, 3.63) is 60.7 Å². The summed E-state index contributed by atoms with van der Waals surface area (Å²) in [5, 5.41) is -0.0505. The van der Waals surface area contributed by atoms with Crippen molar-refractivity contribution in [1.29, 1.82) is 0 Å². The van der Waals surface area contributed by atoms with E-state index in [1.165, 1.54) is 24.5 Å². The van der Waals surface area contributed by atoms with Crippen molar-refractivity contribution in [1.82, 2.24) is 24.3 Å². The lowest BCUT2D eigenvalue weighted by molar-refractivity contribution is 0.591. The molecule has 0 aliphatic heterocycles. The summed E-state index contributed by atoms with van der Waals surface area (Å²) in [6, 6.07) is 9.88. The van der Waals surface area contributed by atoms with E-state index in [1.54, 1.807) is 34.9 Å². The maximum Gasteiger partial charge on any atom is 0.225 e. The van der Waals surface area contributed by atoms with E-state index >= 15 is 0 Å². The summed E-state index contributed by atoms with van der Waals surface area (Å²) in [5.74, 6) is 0.143. The average Bonchev–Trinajstić information content (AvgIpc) is 2.99. The fourth-order valence-electron chi connectivity index (χ4n) is 2.66. The molecule has 0 aliphatic rings. The summed E-state index contributed by atoms with van der Waals surface area (Å²) in [6.45, 7) is 1.83. The van der Waals surface area contributed by atoms with Crippen LogP contribution in [0.15, 0.2) is 64.9 Å². The minimum Gasteiger partial charge on any atom is -0.368 e. The Kier molecular flexibility index (Phi) is 3.66. The lowest BCUT2D eigenvalue weighted by atomic mass is 10.2. The van der Waals surface area contributed by atoms with E-state index in [1.807, 2.05) is 6.92 Å². The summed E-state index contributed by atoms with van der Waals surface area (Å²) in [7, 11) is -3.71. The Morgan fingerprint density at radius 2 is 1.81 bits per heavy atom. The molecule has 0 atom stereocenters. The van der Waals surface area contributed by atoms with Crippen molar-refractivity contribution >= 4 is 21.4 Å². The van der Waals surface area contributed by atoms with Crippen LogP contribution in [0, 0.1) is 6.92 Å². The lowest BCUT2D eigenvalue weighted by Gasteiger charge is -2.05. The summed E-state index contributed by atoms with van der Waals surface area (Å²) in [5.41, 5.74) is 8.03. The quantitative estimate of drug-likeness (QED) is 0.588. The van der Waals surface area contributed by atoms with E-state index in [4.69, 9.17) is 5.73 Å². The predicted octanol–water partition coefficient (Wildman–Crippen LogP) is 1.91. The van der Waals surface area contributed by atoms with Crippen LogP contribution in [0.4, 0.5) is 5.95 Å². The van der Waals surface area contributed by atoms with E-state index in [-0.39, 0.29) is 15.9 Å². The summed E-state index contributed by atoms with van der Waals surface area (Å²) in [4.78, 5) is 16.8. The molecule has 3 aromatic heterocycles. The van der Waals surface area contributed by atoms with Crippen molar-refractivity contribution in [2.24, 2.45) is 0 Å². The number of nitrogens with zero attached hydrogens (tertiary/aromatic N) is 5. The van der Waals surface area contributed by atoms with Crippen LogP contribution >= 0.6 is 0 Å². The molecule has 0 unspecified atom stereocenters. The first-order valence-corrected chi connectivity index (χ1v) is 9.19. The Morgan fingerprint density at radius 3 is 2.54 bits per heavy atom. The Bertz CT molecular complexity index is 1220. The third-order valence-electron chi connectivity index (χ3n) is 3.97. The number of nitrogen functional groups attached to an aromatic ring is 1. The molecule has 4 aromatic rings. The molecule has 2 N–H and O–H groups in total. The second-order valence-corrected chi connectivity index (χ2v) is 7.51. The number of sulfone groups is 1. The Morgan fingerprint density at radius 1 is 1.04 bits per heavy atom. The normalized spacial score (nSPS) is 11.7. The number of imidazole rings is 1. The number of aromatic nitrogens is 5. The average molecular weight is 366 g/mol. The first-order valence-electron chi connectivity index (χ1n) is 7.70. The molecule has 0 saturated heterocycles. The van der Waals surface area contributed by atoms with Gasteiger partial charge in [-0.3, -0.25) is 4.40 Å². The van der Waals surface area contributed by atoms with Gasteiger partial charge in [-0.2, -0.15) is 0 Å². The maximum atomic E-state index is 12.8. The van der Waals surface area contributed by atoms with Gasteiger partial charge in [-0.1, -0.05) is 18.2 Å². The molecule has 0 spiro atoms. The summed E-state index contributed by atoms with van der Waals surface area (Å²) >= 11 is 0. The van der Waals surface area contributed by atoms with E-state index < -0.39 is 9.84 Å². The fourth-order valence-corrected chi connectivity index (χ4v) is 3.85. The van der Waals surface area contributed by atoms with Gasteiger partial charge in [0, 0.05) is 18.1 Å². The van der Waals surface area contributed by atoms with Crippen molar-refractivity contribution in [2.45, 2.75) is 16.8 Å². The van der Waals surface area contributed by atoms with Crippen LogP contribution in [-0.2, 0) is 9.84 Å². The number of nitrogens with two attached hydrogens (primary N) is 1. The van der Waals surface area contributed by atoms with Gasteiger partial charge in [0.15, 0.2) is 10.7 Å². The van der Waals surface area contributed by atoms with Crippen LogP contribution in [0.5, 0.6) is 0 Å². The monoisotopic (exact) mass is 366 g/mol. The molecule has 3 heterocycles. The minimum absolute atomic E-state index is 0.0505. The topological polar surface area (TPSA) is 116 Å². The highest BCUT2D eigenvalue weighted by Gasteiger charge is 2.21. The molecule has 0 bridgehead atoms. The Hall–Kier alpha value is -3.33. The van der Waals surface area contributed by atoms with Gasteiger partial charge in [0.2, 0.25) is 15.8 Å². The number of anilines is 1.